The molecule has 1 aromatic heterocycles. The Kier molecular flexibility index (Phi) is 6.26. The van der Waals surface area contributed by atoms with Gasteiger partial charge in [0, 0.05) is 32.2 Å². The Labute approximate surface area is 144 Å². The summed E-state index contributed by atoms with van der Waals surface area (Å²) < 4.78 is 0. The third kappa shape index (κ3) is 4.36. The fourth-order valence-corrected chi connectivity index (χ4v) is 4.11. The molecular formula is C18H30N4O2. The van der Waals surface area contributed by atoms with Gasteiger partial charge in [-0.05, 0) is 38.1 Å². The first-order valence-electron chi connectivity index (χ1n) is 9.42. The van der Waals surface area contributed by atoms with Crippen molar-refractivity contribution < 1.29 is 9.90 Å². The number of aliphatic hydroxyl groups excluding tert-OH is 1. The van der Waals surface area contributed by atoms with E-state index in [0.717, 1.165) is 51.0 Å². The summed E-state index contributed by atoms with van der Waals surface area (Å²) in [5, 5.41) is 19.5. The van der Waals surface area contributed by atoms with Gasteiger partial charge in [-0.25, -0.2) is 0 Å². The van der Waals surface area contributed by atoms with Crippen LogP contribution >= 0.6 is 0 Å². The Morgan fingerprint density at radius 3 is 2.92 bits per heavy atom. The number of aromatic amines is 1. The van der Waals surface area contributed by atoms with Gasteiger partial charge in [0.2, 0.25) is 0 Å². The van der Waals surface area contributed by atoms with Gasteiger partial charge < -0.3 is 15.3 Å². The number of likely N-dealkylation sites (tertiary alicyclic amines) is 1. The molecule has 2 fully saturated rings. The number of aromatic nitrogens is 2. The highest BCUT2D eigenvalue weighted by atomic mass is 16.3. The van der Waals surface area contributed by atoms with E-state index in [0.29, 0.717) is 23.9 Å². The third-order valence-electron chi connectivity index (χ3n) is 5.50. The number of H-pyrrole nitrogens is 1. The van der Waals surface area contributed by atoms with Gasteiger partial charge in [-0.2, -0.15) is 5.10 Å². The van der Waals surface area contributed by atoms with Crippen LogP contribution in [-0.2, 0) is 0 Å². The summed E-state index contributed by atoms with van der Waals surface area (Å²) in [6, 6.07) is 0. The standard InChI is InChI=1S/C18H30N4O2/c23-13-14-5-4-9-22(12-14)10-8-19-18(24)16-11-20-21-17(16)15-6-2-1-3-7-15/h11,14-15,23H,1-10,12-13H2,(H,19,24)(H,20,21). The summed E-state index contributed by atoms with van der Waals surface area (Å²) in [4.78, 5) is 14.8. The van der Waals surface area contributed by atoms with Gasteiger partial charge in [-0.3, -0.25) is 9.89 Å². The summed E-state index contributed by atoms with van der Waals surface area (Å²) in [5.74, 6) is 0.829. The van der Waals surface area contributed by atoms with Crippen LogP contribution in [0.4, 0.5) is 0 Å². The molecule has 1 amide bonds. The average molecular weight is 334 g/mol. The molecule has 1 aromatic rings. The molecule has 2 heterocycles. The number of rotatable bonds is 6. The Hall–Kier alpha value is -1.40. The van der Waals surface area contributed by atoms with Crippen LogP contribution in [0.1, 0.15) is 66.9 Å². The minimum atomic E-state index is -0.0139. The highest BCUT2D eigenvalue weighted by molar-refractivity contribution is 5.95. The van der Waals surface area contributed by atoms with Crippen LogP contribution < -0.4 is 5.32 Å². The zero-order chi connectivity index (χ0) is 16.8. The van der Waals surface area contributed by atoms with E-state index in [-0.39, 0.29) is 12.5 Å². The van der Waals surface area contributed by atoms with E-state index in [9.17, 15) is 9.90 Å². The molecule has 2 aliphatic rings. The zero-order valence-electron chi connectivity index (χ0n) is 14.5. The first-order valence-corrected chi connectivity index (χ1v) is 9.42. The number of hydrogen-bond donors (Lipinski definition) is 3. The Morgan fingerprint density at radius 2 is 2.12 bits per heavy atom. The van der Waals surface area contributed by atoms with Crippen molar-refractivity contribution in [2.75, 3.05) is 32.8 Å². The van der Waals surface area contributed by atoms with Crippen LogP contribution in [0.2, 0.25) is 0 Å². The lowest BCUT2D eigenvalue weighted by atomic mass is 9.85. The maximum absolute atomic E-state index is 12.5. The largest absolute Gasteiger partial charge is 0.396 e. The summed E-state index contributed by atoms with van der Waals surface area (Å²) in [6.07, 6.45) is 10.00. The topological polar surface area (TPSA) is 81.2 Å². The molecule has 6 nitrogen and oxygen atoms in total. The number of nitrogens with one attached hydrogen (secondary N) is 2. The van der Waals surface area contributed by atoms with Crippen LogP contribution in [0.25, 0.3) is 0 Å². The molecule has 1 atom stereocenters. The monoisotopic (exact) mass is 334 g/mol. The molecule has 3 rings (SSSR count). The van der Waals surface area contributed by atoms with Gasteiger partial charge in [0.05, 0.1) is 17.5 Å². The molecule has 1 saturated heterocycles. The van der Waals surface area contributed by atoms with Crippen molar-refractivity contribution in [2.45, 2.75) is 50.9 Å². The smallest absolute Gasteiger partial charge is 0.254 e. The van der Waals surface area contributed by atoms with Crippen LogP contribution in [0.3, 0.4) is 0 Å². The van der Waals surface area contributed by atoms with E-state index < -0.39 is 0 Å². The average Bonchev–Trinajstić information content (AvgIpc) is 3.12. The summed E-state index contributed by atoms with van der Waals surface area (Å²) in [6.45, 7) is 3.75. The summed E-state index contributed by atoms with van der Waals surface area (Å²) in [5.41, 5.74) is 1.74. The second-order valence-electron chi connectivity index (χ2n) is 7.28. The van der Waals surface area contributed by atoms with Gasteiger partial charge in [0.1, 0.15) is 0 Å². The maximum Gasteiger partial charge on any atom is 0.254 e. The molecule has 6 heteroatoms. The van der Waals surface area contributed by atoms with Crippen molar-refractivity contribution in [2.24, 2.45) is 5.92 Å². The van der Waals surface area contributed by atoms with Crippen LogP contribution in [0, 0.1) is 5.92 Å². The molecule has 1 aliphatic heterocycles. The molecule has 1 aliphatic carbocycles. The van der Waals surface area contributed by atoms with Crippen LogP contribution in [0.15, 0.2) is 6.20 Å². The number of hydrogen-bond acceptors (Lipinski definition) is 4. The van der Waals surface area contributed by atoms with Crippen molar-refractivity contribution in [1.29, 1.82) is 0 Å². The zero-order valence-corrected chi connectivity index (χ0v) is 14.5. The first-order chi connectivity index (χ1) is 11.8. The normalized spacial score (nSPS) is 23.3. The van der Waals surface area contributed by atoms with E-state index >= 15 is 0 Å². The van der Waals surface area contributed by atoms with E-state index in [1.54, 1.807) is 6.20 Å². The lowest BCUT2D eigenvalue weighted by Crippen LogP contribution is -2.41. The molecule has 24 heavy (non-hydrogen) atoms. The number of amides is 1. The number of aliphatic hydroxyl groups is 1. The van der Waals surface area contributed by atoms with Crippen molar-refractivity contribution >= 4 is 5.91 Å². The van der Waals surface area contributed by atoms with Crippen molar-refractivity contribution in [1.82, 2.24) is 20.4 Å². The van der Waals surface area contributed by atoms with Crippen LogP contribution in [0.5, 0.6) is 0 Å². The number of piperidine rings is 1. The lowest BCUT2D eigenvalue weighted by molar-refractivity contribution is 0.0929. The third-order valence-corrected chi connectivity index (χ3v) is 5.50. The fraction of sp³-hybridized carbons (Fsp3) is 0.778. The molecule has 0 spiro atoms. The SMILES string of the molecule is O=C(NCCN1CCCC(CO)C1)c1cn[nH]c1C1CCCCC1. The Balaban J connectivity index is 1.48. The fourth-order valence-electron chi connectivity index (χ4n) is 4.11. The Bertz CT molecular complexity index is 525. The van der Waals surface area contributed by atoms with Gasteiger partial charge in [0.15, 0.2) is 0 Å². The molecule has 1 unspecified atom stereocenters. The lowest BCUT2D eigenvalue weighted by Gasteiger charge is -2.31. The number of nitrogens with zero attached hydrogens (tertiary/aromatic N) is 2. The van der Waals surface area contributed by atoms with Gasteiger partial charge >= 0.3 is 0 Å². The Morgan fingerprint density at radius 1 is 1.29 bits per heavy atom. The highest BCUT2D eigenvalue weighted by Crippen LogP contribution is 2.33. The van der Waals surface area contributed by atoms with Gasteiger partial charge in [0.25, 0.3) is 5.91 Å². The van der Waals surface area contributed by atoms with E-state index in [1.165, 1.54) is 19.3 Å². The summed E-state index contributed by atoms with van der Waals surface area (Å²) >= 11 is 0. The molecule has 3 N–H and O–H groups in total. The quantitative estimate of drug-likeness (QED) is 0.742. The van der Waals surface area contributed by atoms with Crippen LogP contribution in [-0.4, -0.2) is 58.9 Å². The molecule has 0 bridgehead atoms. The predicted molar refractivity (Wildman–Crippen MR) is 93.0 cm³/mol. The van der Waals surface area contributed by atoms with E-state index in [4.69, 9.17) is 0 Å². The summed E-state index contributed by atoms with van der Waals surface area (Å²) in [7, 11) is 0. The minimum Gasteiger partial charge on any atom is -0.396 e. The second-order valence-corrected chi connectivity index (χ2v) is 7.28. The highest BCUT2D eigenvalue weighted by Gasteiger charge is 2.24. The molecule has 0 aromatic carbocycles. The molecule has 1 saturated carbocycles. The van der Waals surface area contributed by atoms with Crippen molar-refractivity contribution in [3.8, 4) is 0 Å². The molecule has 0 radical (unpaired) electrons. The second kappa shape index (κ2) is 8.62. The maximum atomic E-state index is 12.5. The van der Waals surface area contributed by atoms with Gasteiger partial charge in [-0.1, -0.05) is 19.3 Å². The molecular weight excluding hydrogens is 304 g/mol. The number of carbonyl (C=O) groups excluding carboxylic acids is 1. The van der Waals surface area contributed by atoms with Crippen molar-refractivity contribution in [3.05, 3.63) is 17.5 Å². The van der Waals surface area contributed by atoms with E-state index in [2.05, 4.69) is 20.4 Å². The minimum absolute atomic E-state index is 0.0139. The van der Waals surface area contributed by atoms with Gasteiger partial charge in [-0.15, -0.1) is 0 Å². The van der Waals surface area contributed by atoms with E-state index in [1.807, 2.05) is 0 Å². The molecule has 134 valence electrons. The first kappa shape index (κ1) is 17.4. The predicted octanol–water partition coefficient (Wildman–Crippen LogP) is 1.89. The number of carbonyl (C=O) groups is 1. The van der Waals surface area contributed by atoms with Crippen molar-refractivity contribution in [3.63, 3.8) is 0 Å².